The van der Waals surface area contributed by atoms with Gasteiger partial charge < -0.3 is 10.3 Å². The lowest BCUT2D eigenvalue weighted by Gasteiger charge is -2.07. The lowest BCUT2D eigenvalue weighted by atomic mass is 10.2. The molecule has 3 N–H and O–H groups in total. The Labute approximate surface area is 109 Å². The predicted molar refractivity (Wildman–Crippen MR) is 64.8 cm³/mol. The van der Waals surface area contributed by atoms with E-state index >= 15 is 0 Å². The number of aromatic nitrogens is 1. The standard InChI is InChI=1S/C11H12FN3O3S/c12-11-2-1-10(5-8(11)6-13)19(16,17)14-7-9-3-4-18-15-9/h1-5,14H,6-7,13H2. The third kappa shape index (κ3) is 3.16. The van der Waals surface area contributed by atoms with Gasteiger partial charge in [-0.2, -0.15) is 0 Å². The minimum Gasteiger partial charge on any atom is -0.364 e. The van der Waals surface area contributed by atoms with Crippen molar-refractivity contribution in [1.29, 1.82) is 0 Å². The molecule has 1 aromatic carbocycles. The van der Waals surface area contributed by atoms with Crippen LogP contribution in [0.3, 0.4) is 0 Å². The van der Waals surface area contributed by atoms with Crippen molar-refractivity contribution in [3.63, 3.8) is 0 Å². The maximum absolute atomic E-state index is 13.2. The van der Waals surface area contributed by atoms with Crippen molar-refractivity contribution in [2.24, 2.45) is 5.73 Å². The van der Waals surface area contributed by atoms with Gasteiger partial charge in [-0.05, 0) is 18.2 Å². The van der Waals surface area contributed by atoms with Crippen molar-refractivity contribution in [3.8, 4) is 0 Å². The van der Waals surface area contributed by atoms with Gasteiger partial charge in [0.2, 0.25) is 10.0 Å². The topological polar surface area (TPSA) is 98.2 Å². The van der Waals surface area contributed by atoms with Gasteiger partial charge in [0.15, 0.2) is 0 Å². The first-order valence-corrected chi connectivity index (χ1v) is 6.88. The second-order valence-corrected chi connectivity index (χ2v) is 5.54. The molecule has 0 saturated carbocycles. The highest BCUT2D eigenvalue weighted by Crippen LogP contribution is 2.15. The number of benzene rings is 1. The van der Waals surface area contributed by atoms with Crippen LogP contribution < -0.4 is 10.5 Å². The quantitative estimate of drug-likeness (QED) is 0.844. The van der Waals surface area contributed by atoms with E-state index in [1.165, 1.54) is 18.4 Å². The number of nitrogens with zero attached hydrogens (tertiary/aromatic N) is 1. The number of nitrogens with one attached hydrogen (secondary N) is 1. The minimum absolute atomic E-state index is 0.00579. The number of rotatable bonds is 5. The minimum atomic E-state index is -3.74. The molecule has 0 aliphatic carbocycles. The van der Waals surface area contributed by atoms with Crippen LogP contribution >= 0.6 is 0 Å². The van der Waals surface area contributed by atoms with Crippen molar-refractivity contribution < 1.29 is 17.3 Å². The van der Waals surface area contributed by atoms with Gasteiger partial charge in [0.25, 0.3) is 0 Å². The Kier molecular flexibility index (Phi) is 3.93. The zero-order valence-electron chi connectivity index (χ0n) is 9.84. The lowest BCUT2D eigenvalue weighted by Crippen LogP contribution is -2.23. The molecule has 0 saturated heterocycles. The summed E-state index contributed by atoms with van der Waals surface area (Å²) in [5.74, 6) is -0.530. The van der Waals surface area contributed by atoms with E-state index in [1.54, 1.807) is 6.07 Å². The summed E-state index contributed by atoms with van der Waals surface area (Å²) >= 11 is 0. The van der Waals surface area contributed by atoms with Crippen molar-refractivity contribution in [2.45, 2.75) is 18.0 Å². The summed E-state index contributed by atoms with van der Waals surface area (Å²) < 4.78 is 44.1. The number of halogens is 1. The Balaban J connectivity index is 2.19. The summed E-state index contributed by atoms with van der Waals surface area (Å²) in [4.78, 5) is -0.0437. The molecular formula is C11H12FN3O3S. The van der Waals surface area contributed by atoms with Crippen molar-refractivity contribution in [3.05, 3.63) is 47.6 Å². The molecular weight excluding hydrogens is 273 g/mol. The van der Waals surface area contributed by atoms with Crippen molar-refractivity contribution >= 4 is 10.0 Å². The first-order valence-electron chi connectivity index (χ1n) is 5.40. The van der Waals surface area contributed by atoms with Gasteiger partial charge in [0, 0.05) is 18.2 Å². The number of hydrogen-bond acceptors (Lipinski definition) is 5. The van der Waals surface area contributed by atoms with E-state index < -0.39 is 15.8 Å². The Morgan fingerprint density at radius 1 is 1.37 bits per heavy atom. The van der Waals surface area contributed by atoms with Crippen LogP contribution in [0, 0.1) is 5.82 Å². The Morgan fingerprint density at radius 2 is 2.16 bits per heavy atom. The molecule has 2 aromatic rings. The second kappa shape index (κ2) is 5.47. The van der Waals surface area contributed by atoms with E-state index in [-0.39, 0.29) is 23.5 Å². The zero-order chi connectivity index (χ0) is 13.9. The SMILES string of the molecule is NCc1cc(S(=O)(=O)NCc2ccon2)ccc1F. The Bertz CT molecular complexity index is 656. The highest BCUT2D eigenvalue weighted by atomic mass is 32.2. The van der Waals surface area contributed by atoms with E-state index in [1.807, 2.05) is 0 Å². The van der Waals surface area contributed by atoms with E-state index in [4.69, 9.17) is 5.73 Å². The molecule has 0 spiro atoms. The second-order valence-electron chi connectivity index (χ2n) is 3.77. The Morgan fingerprint density at radius 3 is 2.79 bits per heavy atom. The first-order chi connectivity index (χ1) is 9.03. The fourth-order valence-corrected chi connectivity index (χ4v) is 2.50. The zero-order valence-corrected chi connectivity index (χ0v) is 10.7. The molecule has 0 amide bonds. The molecule has 102 valence electrons. The van der Waals surface area contributed by atoms with Gasteiger partial charge in [0.1, 0.15) is 12.1 Å². The van der Waals surface area contributed by atoms with Crippen LogP contribution in [0.4, 0.5) is 4.39 Å². The normalized spacial score (nSPS) is 11.7. The van der Waals surface area contributed by atoms with E-state index in [0.29, 0.717) is 5.69 Å². The first kappa shape index (κ1) is 13.7. The van der Waals surface area contributed by atoms with Gasteiger partial charge in [-0.3, -0.25) is 0 Å². The molecule has 8 heteroatoms. The summed E-state index contributed by atoms with van der Waals surface area (Å²) in [5, 5.41) is 3.58. The van der Waals surface area contributed by atoms with E-state index in [2.05, 4.69) is 14.4 Å². The summed E-state index contributed by atoms with van der Waals surface area (Å²) in [6.45, 7) is -0.0767. The predicted octanol–water partition coefficient (Wildman–Crippen LogP) is 0.751. The lowest BCUT2D eigenvalue weighted by molar-refractivity contribution is 0.411. The van der Waals surface area contributed by atoms with Crippen LogP contribution in [0.2, 0.25) is 0 Å². The van der Waals surface area contributed by atoms with Crippen LogP contribution in [0.25, 0.3) is 0 Å². The van der Waals surface area contributed by atoms with Gasteiger partial charge >= 0.3 is 0 Å². The molecule has 19 heavy (non-hydrogen) atoms. The maximum atomic E-state index is 13.2. The molecule has 0 bridgehead atoms. The molecule has 0 aliphatic rings. The molecule has 0 atom stereocenters. The van der Waals surface area contributed by atoms with E-state index in [0.717, 1.165) is 6.07 Å². The monoisotopic (exact) mass is 285 g/mol. The average Bonchev–Trinajstić information content (AvgIpc) is 2.90. The highest BCUT2D eigenvalue weighted by Gasteiger charge is 2.16. The van der Waals surface area contributed by atoms with Crippen molar-refractivity contribution in [1.82, 2.24) is 9.88 Å². The van der Waals surface area contributed by atoms with Crippen LogP contribution in [0.1, 0.15) is 11.3 Å². The van der Waals surface area contributed by atoms with Gasteiger partial charge in [-0.25, -0.2) is 17.5 Å². The molecule has 0 unspecified atom stereocenters. The summed E-state index contributed by atoms with van der Waals surface area (Å²) in [5.41, 5.74) is 5.93. The van der Waals surface area contributed by atoms with Crippen LogP contribution in [-0.4, -0.2) is 13.6 Å². The third-order valence-electron chi connectivity index (χ3n) is 2.48. The highest BCUT2D eigenvalue weighted by molar-refractivity contribution is 7.89. The average molecular weight is 285 g/mol. The summed E-state index contributed by atoms with van der Waals surface area (Å²) in [6.07, 6.45) is 1.34. The van der Waals surface area contributed by atoms with Crippen LogP contribution in [-0.2, 0) is 23.1 Å². The number of nitrogens with two attached hydrogens (primary N) is 1. The van der Waals surface area contributed by atoms with Crippen LogP contribution in [0.5, 0.6) is 0 Å². The largest absolute Gasteiger partial charge is 0.364 e. The van der Waals surface area contributed by atoms with Gasteiger partial charge in [-0.1, -0.05) is 5.16 Å². The molecule has 1 aromatic heterocycles. The summed E-state index contributed by atoms with van der Waals surface area (Å²) in [7, 11) is -3.74. The fraction of sp³-hybridized carbons (Fsp3) is 0.182. The Hall–Kier alpha value is -1.77. The van der Waals surface area contributed by atoms with Crippen LogP contribution in [0.15, 0.2) is 39.9 Å². The molecule has 1 heterocycles. The number of hydrogen-bond donors (Lipinski definition) is 2. The molecule has 0 radical (unpaired) electrons. The molecule has 0 aliphatic heterocycles. The molecule has 2 rings (SSSR count). The molecule has 0 fully saturated rings. The number of sulfonamides is 1. The van der Waals surface area contributed by atoms with Gasteiger partial charge in [0.05, 0.1) is 17.1 Å². The summed E-state index contributed by atoms with van der Waals surface area (Å²) in [6, 6.07) is 5.01. The molecule has 6 nitrogen and oxygen atoms in total. The smallest absolute Gasteiger partial charge is 0.240 e. The third-order valence-corrected chi connectivity index (χ3v) is 3.88. The fourth-order valence-electron chi connectivity index (χ4n) is 1.46. The van der Waals surface area contributed by atoms with E-state index in [9.17, 15) is 12.8 Å². The maximum Gasteiger partial charge on any atom is 0.240 e. The van der Waals surface area contributed by atoms with Gasteiger partial charge in [-0.15, -0.1) is 0 Å². The van der Waals surface area contributed by atoms with Crippen molar-refractivity contribution in [2.75, 3.05) is 0 Å².